The van der Waals surface area contributed by atoms with Crippen LogP contribution in [0, 0.1) is 5.82 Å². The lowest BCUT2D eigenvalue weighted by molar-refractivity contribution is 0.0969. The molecule has 4 heteroatoms. The van der Waals surface area contributed by atoms with E-state index in [0.717, 1.165) is 11.4 Å². The molecule has 0 aliphatic rings. The van der Waals surface area contributed by atoms with Crippen molar-refractivity contribution in [3.63, 3.8) is 0 Å². The van der Waals surface area contributed by atoms with Gasteiger partial charge in [-0.2, -0.15) is 0 Å². The summed E-state index contributed by atoms with van der Waals surface area (Å²) in [6.07, 6.45) is 0. The second-order valence-electron chi connectivity index (χ2n) is 5.59. The standard InChI is InChI=1S/C21H18FNO2/c1-25-19-13-11-18(12-14-19)23-20(15-7-9-17(22)10-8-15)21(24)16-5-3-2-4-6-16/h2-14,20,23H,1H3. The molecule has 3 aromatic carbocycles. The second-order valence-corrected chi connectivity index (χ2v) is 5.59. The first-order valence-corrected chi connectivity index (χ1v) is 7.92. The molecule has 0 saturated heterocycles. The van der Waals surface area contributed by atoms with E-state index in [2.05, 4.69) is 5.32 Å². The van der Waals surface area contributed by atoms with Crippen LogP contribution in [0.15, 0.2) is 78.9 Å². The summed E-state index contributed by atoms with van der Waals surface area (Å²) in [4.78, 5) is 13.0. The molecule has 0 aromatic heterocycles. The van der Waals surface area contributed by atoms with Gasteiger partial charge in [0.25, 0.3) is 0 Å². The van der Waals surface area contributed by atoms with Crippen molar-refractivity contribution in [3.05, 3.63) is 95.8 Å². The highest BCUT2D eigenvalue weighted by Gasteiger charge is 2.22. The number of halogens is 1. The third-order valence-electron chi connectivity index (χ3n) is 3.92. The van der Waals surface area contributed by atoms with E-state index in [4.69, 9.17) is 4.74 Å². The second kappa shape index (κ2) is 7.62. The monoisotopic (exact) mass is 335 g/mol. The maximum absolute atomic E-state index is 13.3. The number of carbonyl (C=O) groups excluding carboxylic acids is 1. The first-order valence-electron chi connectivity index (χ1n) is 7.92. The van der Waals surface area contributed by atoms with Crippen molar-refractivity contribution in [2.24, 2.45) is 0 Å². The SMILES string of the molecule is COc1ccc(NC(C(=O)c2ccccc2)c2ccc(F)cc2)cc1. The topological polar surface area (TPSA) is 38.3 Å². The van der Waals surface area contributed by atoms with Crippen LogP contribution in [0.4, 0.5) is 10.1 Å². The zero-order valence-corrected chi connectivity index (χ0v) is 13.8. The fourth-order valence-corrected chi connectivity index (χ4v) is 2.58. The molecule has 0 saturated carbocycles. The molecule has 1 atom stereocenters. The molecule has 0 aliphatic heterocycles. The Kier molecular flexibility index (Phi) is 5.09. The Morgan fingerprint density at radius 2 is 1.56 bits per heavy atom. The van der Waals surface area contributed by atoms with Gasteiger partial charge in [-0.1, -0.05) is 42.5 Å². The highest BCUT2D eigenvalue weighted by atomic mass is 19.1. The van der Waals surface area contributed by atoms with Gasteiger partial charge in [-0.15, -0.1) is 0 Å². The van der Waals surface area contributed by atoms with E-state index in [1.807, 2.05) is 42.5 Å². The van der Waals surface area contributed by atoms with Gasteiger partial charge in [-0.3, -0.25) is 4.79 Å². The Balaban J connectivity index is 1.93. The van der Waals surface area contributed by atoms with Crippen molar-refractivity contribution in [3.8, 4) is 5.75 Å². The molecule has 3 aromatic rings. The summed E-state index contributed by atoms with van der Waals surface area (Å²) >= 11 is 0. The number of hydrogen-bond acceptors (Lipinski definition) is 3. The van der Waals surface area contributed by atoms with Crippen LogP contribution in [0.1, 0.15) is 22.0 Å². The number of rotatable bonds is 6. The zero-order chi connectivity index (χ0) is 17.6. The number of ether oxygens (including phenoxy) is 1. The summed E-state index contributed by atoms with van der Waals surface area (Å²) in [6.45, 7) is 0. The van der Waals surface area contributed by atoms with Gasteiger partial charge in [0.1, 0.15) is 17.6 Å². The quantitative estimate of drug-likeness (QED) is 0.653. The summed E-state index contributed by atoms with van der Waals surface area (Å²) in [5, 5.41) is 3.24. The predicted octanol–water partition coefficient (Wildman–Crippen LogP) is 4.87. The molecule has 1 unspecified atom stereocenters. The van der Waals surface area contributed by atoms with Crippen molar-refractivity contribution < 1.29 is 13.9 Å². The minimum absolute atomic E-state index is 0.0805. The summed E-state index contributed by atoms with van der Waals surface area (Å²) in [6, 6.07) is 21.7. The maximum Gasteiger partial charge on any atom is 0.189 e. The third-order valence-corrected chi connectivity index (χ3v) is 3.92. The number of carbonyl (C=O) groups is 1. The number of benzene rings is 3. The van der Waals surface area contributed by atoms with Crippen molar-refractivity contribution in [1.29, 1.82) is 0 Å². The summed E-state index contributed by atoms with van der Waals surface area (Å²) in [7, 11) is 1.60. The van der Waals surface area contributed by atoms with Gasteiger partial charge in [0.2, 0.25) is 0 Å². The molecule has 1 N–H and O–H groups in total. The summed E-state index contributed by atoms with van der Waals surface area (Å²) < 4.78 is 18.4. The molecule has 0 bridgehead atoms. The minimum Gasteiger partial charge on any atom is -0.497 e. The Morgan fingerprint density at radius 1 is 0.920 bits per heavy atom. The van der Waals surface area contributed by atoms with E-state index in [1.165, 1.54) is 12.1 Å². The zero-order valence-electron chi connectivity index (χ0n) is 13.8. The van der Waals surface area contributed by atoms with Gasteiger partial charge in [-0.05, 0) is 42.0 Å². The van der Waals surface area contributed by atoms with Crippen LogP contribution in [0.2, 0.25) is 0 Å². The molecule has 0 aliphatic carbocycles. The Labute approximate surface area is 146 Å². The number of nitrogens with one attached hydrogen (secondary N) is 1. The molecule has 0 fully saturated rings. The van der Waals surface area contributed by atoms with E-state index < -0.39 is 6.04 Å². The molecule has 126 valence electrons. The van der Waals surface area contributed by atoms with Crippen LogP contribution in [-0.4, -0.2) is 12.9 Å². The molecule has 25 heavy (non-hydrogen) atoms. The van der Waals surface area contributed by atoms with Crippen LogP contribution in [0.3, 0.4) is 0 Å². The van der Waals surface area contributed by atoms with Crippen LogP contribution in [0.5, 0.6) is 5.75 Å². The fourth-order valence-electron chi connectivity index (χ4n) is 2.58. The minimum atomic E-state index is -0.614. The average Bonchev–Trinajstić information content (AvgIpc) is 2.67. The van der Waals surface area contributed by atoms with E-state index in [-0.39, 0.29) is 11.6 Å². The average molecular weight is 335 g/mol. The van der Waals surface area contributed by atoms with Gasteiger partial charge < -0.3 is 10.1 Å². The lowest BCUT2D eigenvalue weighted by atomic mass is 9.97. The molecular formula is C21H18FNO2. The van der Waals surface area contributed by atoms with E-state index >= 15 is 0 Å². The van der Waals surface area contributed by atoms with E-state index in [1.54, 1.807) is 31.4 Å². The lowest BCUT2D eigenvalue weighted by Crippen LogP contribution is -2.21. The fraction of sp³-hybridized carbons (Fsp3) is 0.0952. The van der Waals surface area contributed by atoms with Crippen molar-refractivity contribution >= 4 is 11.5 Å². The highest BCUT2D eigenvalue weighted by molar-refractivity contribution is 6.02. The summed E-state index contributed by atoms with van der Waals surface area (Å²) in [5.74, 6) is 0.320. The van der Waals surface area contributed by atoms with Crippen molar-refractivity contribution in [1.82, 2.24) is 0 Å². The predicted molar refractivity (Wildman–Crippen MR) is 96.5 cm³/mol. The van der Waals surface area contributed by atoms with E-state index in [0.29, 0.717) is 11.1 Å². The van der Waals surface area contributed by atoms with Crippen LogP contribution in [-0.2, 0) is 0 Å². The molecule has 0 heterocycles. The molecule has 0 spiro atoms. The highest BCUT2D eigenvalue weighted by Crippen LogP contribution is 2.25. The number of anilines is 1. The van der Waals surface area contributed by atoms with Gasteiger partial charge in [0, 0.05) is 11.3 Å². The number of Topliss-reactive ketones (excluding diaryl/α,β-unsaturated/α-hetero) is 1. The first-order chi connectivity index (χ1) is 12.2. The molecule has 3 rings (SSSR count). The van der Waals surface area contributed by atoms with Gasteiger partial charge in [0.15, 0.2) is 5.78 Å². The number of hydrogen-bond donors (Lipinski definition) is 1. The van der Waals surface area contributed by atoms with Crippen molar-refractivity contribution in [2.45, 2.75) is 6.04 Å². The van der Waals surface area contributed by atoms with Crippen LogP contribution in [0.25, 0.3) is 0 Å². The number of ketones is 1. The van der Waals surface area contributed by atoms with Crippen LogP contribution < -0.4 is 10.1 Å². The van der Waals surface area contributed by atoms with Crippen LogP contribution >= 0.6 is 0 Å². The number of methoxy groups -OCH3 is 1. The Morgan fingerprint density at radius 3 is 2.16 bits per heavy atom. The normalized spacial score (nSPS) is 11.6. The van der Waals surface area contributed by atoms with Crippen molar-refractivity contribution in [2.75, 3.05) is 12.4 Å². The molecule has 3 nitrogen and oxygen atoms in total. The molecular weight excluding hydrogens is 317 g/mol. The maximum atomic E-state index is 13.3. The van der Waals surface area contributed by atoms with Gasteiger partial charge in [-0.25, -0.2) is 4.39 Å². The Bertz CT molecular complexity index is 830. The molecule has 0 amide bonds. The largest absolute Gasteiger partial charge is 0.497 e. The van der Waals surface area contributed by atoms with Gasteiger partial charge >= 0.3 is 0 Å². The van der Waals surface area contributed by atoms with E-state index in [9.17, 15) is 9.18 Å². The molecule has 0 radical (unpaired) electrons. The summed E-state index contributed by atoms with van der Waals surface area (Å²) in [5.41, 5.74) is 2.07. The smallest absolute Gasteiger partial charge is 0.189 e. The van der Waals surface area contributed by atoms with Gasteiger partial charge in [0.05, 0.1) is 7.11 Å². The first kappa shape index (κ1) is 16.7. The third kappa shape index (κ3) is 4.04. The Hall–Kier alpha value is -3.14. The lowest BCUT2D eigenvalue weighted by Gasteiger charge is -2.20.